The lowest BCUT2D eigenvalue weighted by molar-refractivity contribution is 0.0729. The van der Waals surface area contributed by atoms with Crippen molar-refractivity contribution in [3.8, 4) is 22.8 Å². The van der Waals surface area contributed by atoms with Gasteiger partial charge in [-0.25, -0.2) is 9.78 Å². The molecule has 4 rings (SSSR count). The molecule has 2 aromatic heterocycles. The summed E-state index contributed by atoms with van der Waals surface area (Å²) in [6.45, 7) is 15.5. The molecule has 0 spiro atoms. The van der Waals surface area contributed by atoms with Gasteiger partial charge in [0.15, 0.2) is 11.5 Å². The van der Waals surface area contributed by atoms with E-state index in [4.69, 9.17) is 14.5 Å². The molecular weight excluding hydrogens is 522 g/mol. The number of nitrogens with zero attached hydrogens (tertiary/aromatic N) is 2. The third kappa shape index (κ3) is 7.93. The SMILES string of the molecule is CCCCCCc1ccc(C(=O)Oc2ccc(-c3nc4cc(C)ccn4c3NC(C)(C)CC(C)(C)C)cc2OC)cc1. The van der Waals surface area contributed by atoms with Crippen LogP contribution in [0.3, 0.4) is 0 Å². The summed E-state index contributed by atoms with van der Waals surface area (Å²) in [5, 5.41) is 3.79. The van der Waals surface area contributed by atoms with Crippen LogP contribution < -0.4 is 14.8 Å². The number of rotatable bonds is 12. The largest absolute Gasteiger partial charge is 0.493 e. The van der Waals surface area contributed by atoms with Crippen LogP contribution >= 0.6 is 0 Å². The van der Waals surface area contributed by atoms with Crippen LogP contribution in [-0.2, 0) is 6.42 Å². The highest BCUT2D eigenvalue weighted by Crippen LogP contribution is 2.38. The highest BCUT2D eigenvalue weighted by molar-refractivity contribution is 5.91. The number of pyridine rings is 1. The lowest BCUT2D eigenvalue weighted by Gasteiger charge is -2.34. The maximum Gasteiger partial charge on any atom is 0.343 e. The lowest BCUT2D eigenvalue weighted by Crippen LogP contribution is -2.36. The fourth-order valence-electron chi connectivity index (χ4n) is 5.78. The van der Waals surface area contributed by atoms with Crippen molar-refractivity contribution in [3.63, 3.8) is 0 Å². The van der Waals surface area contributed by atoms with Crippen LogP contribution in [0.25, 0.3) is 16.9 Å². The number of anilines is 1. The number of imidazole rings is 1. The summed E-state index contributed by atoms with van der Waals surface area (Å²) in [5.41, 5.74) is 5.41. The first-order valence-corrected chi connectivity index (χ1v) is 15.2. The lowest BCUT2D eigenvalue weighted by atomic mass is 9.82. The molecule has 0 atom stereocenters. The molecule has 0 aliphatic heterocycles. The van der Waals surface area contributed by atoms with E-state index in [1.54, 1.807) is 13.2 Å². The van der Waals surface area contributed by atoms with E-state index in [2.05, 4.69) is 76.5 Å². The highest BCUT2D eigenvalue weighted by atomic mass is 16.6. The Hall–Kier alpha value is -3.80. The number of unbranched alkanes of at least 4 members (excludes halogenated alkanes) is 3. The number of methoxy groups -OCH3 is 1. The molecule has 0 aliphatic rings. The van der Waals surface area contributed by atoms with Crippen LogP contribution in [-0.4, -0.2) is 28.0 Å². The van der Waals surface area contributed by atoms with E-state index in [1.807, 2.05) is 36.4 Å². The first kappa shape index (κ1) is 31.1. The van der Waals surface area contributed by atoms with E-state index in [9.17, 15) is 4.79 Å². The molecule has 0 fully saturated rings. The highest BCUT2D eigenvalue weighted by Gasteiger charge is 2.28. The van der Waals surface area contributed by atoms with E-state index < -0.39 is 5.97 Å². The van der Waals surface area contributed by atoms with Crippen molar-refractivity contribution in [3.05, 3.63) is 77.5 Å². The molecule has 0 saturated carbocycles. The summed E-state index contributed by atoms with van der Waals surface area (Å²) in [7, 11) is 1.59. The second-order valence-corrected chi connectivity index (χ2v) is 13.3. The van der Waals surface area contributed by atoms with Crippen molar-refractivity contribution in [2.75, 3.05) is 12.4 Å². The van der Waals surface area contributed by atoms with Crippen LogP contribution in [0, 0.1) is 12.3 Å². The normalized spacial score (nSPS) is 12.0. The van der Waals surface area contributed by atoms with Gasteiger partial charge in [0.25, 0.3) is 0 Å². The average Bonchev–Trinajstić information content (AvgIpc) is 3.26. The van der Waals surface area contributed by atoms with Gasteiger partial charge in [-0.15, -0.1) is 0 Å². The van der Waals surface area contributed by atoms with Crippen molar-refractivity contribution in [1.82, 2.24) is 9.38 Å². The smallest absolute Gasteiger partial charge is 0.343 e. The quantitative estimate of drug-likeness (QED) is 0.105. The predicted molar refractivity (Wildman–Crippen MR) is 173 cm³/mol. The third-order valence-electron chi connectivity index (χ3n) is 7.36. The van der Waals surface area contributed by atoms with Gasteiger partial charge in [-0.1, -0.05) is 59.1 Å². The zero-order valence-corrected chi connectivity index (χ0v) is 26.6. The number of fused-ring (bicyclic) bond motifs is 1. The number of hydrogen-bond donors (Lipinski definition) is 1. The number of nitrogens with one attached hydrogen (secondary N) is 1. The molecule has 0 aliphatic carbocycles. The monoisotopic (exact) mass is 569 g/mol. The first-order valence-electron chi connectivity index (χ1n) is 15.2. The summed E-state index contributed by atoms with van der Waals surface area (Å²) in [5.74, 6) is 1.35. The Bertz CT molecular complexity index is 1510. The van der Waals surface area contributed by atoms with Crippen LogP contribution in [0.1, 0.15) is 95.1 Å². The van der Waals surface area contributed by atoms with E-state index >= 15 is 0 Å². The van der Waals surface area contributed by atoms with Gasteiger partial charge in [0.1, 0.15) is 17.2 Å². The molecule has 0 amide bonds. The molecular formula is C36H47N3O3. The van der Waals surface area contributed by atoms with E-state index in [0.717, 1.165) is 41.1 Å². The molecule has 42 heavy (non-hydrogen) atoms. The third-order valence-corrected chi connectivity index (χ3v) is 7.36. The second-order valence-electron chi connectivity index (χ2n) is 13.3. The van der Waals surface area contributed by atoms with Gasteiger partial charge < -0.3 is 14.8 Å². The van der Waals surface area contributed by atoms with Crippen LogP contribution in [0.4, 0.5) is 5.82 Å². The fraction of sp³-hybridized carbons (Fsp3) is 0.444. The van der Waals surface area contributed by atoms with Crippen LogP contribution in [0.5, 0.6) is 11.5 Å². The summed E-state index contributed by atoms with van der Waals surface area (Å²) >= 11 is 0. The van der Waals surface area contributed by atoms with E-state index in [1.165, 1.54) is 31.2 Å². The standard InChI is InChI=1S/C36H47N3O3/c1-9-10-11-12-13-26-14-16-27(17-15-26)34(40)42-29-19-18-28(23-30(29)41-8)32-33(38-36(6,7)24-35(3,4)5)39-21-20-25(2)22-31(39)37-32/h14-23,38H,9-13,24H2,1-8H3. The molecule has 4 aromatic rings. The molecule has 0 radical (unpaired) electrons. The van der Waals surface area contributed by atoms with Gasteiger partial charge in [0.05, 0.1) is 12.7 Å². The maximum absolute atomic E-state index is 13.0. The number of carbonyl (C=O) groups is 1. The number of carbonyl (C=O) groups excluding carboxylic acids is 1. The zero-order valence-electron chi connectivity index (χ0n) is 26.6. The number of esters is 1. The average molecular weight is 570 g/mol. The Labute approximate surface area is 251 Å². The minimum Gasteiger partial charge on any atom is -0.493 e. The van der Waals surface area contributed by atoms with Crippen molar-refractivity contribution < 1.29 is 14.3 Å². The number of aryl methyl sites for hydroxylation is 2. The van der Waals surface area contributed by atoms with Gasteiger partial charge in [-0.05, 0) is 99.0 Å². The molecule has 6 heteroatoms. The zero-order chi connectivity index (χ0) is 30.5. The Morgan fingerprint density at radius 3 is 2.33 bits per heavy atom. The molecule has 224 valence electrons. The van der Waals surface area contributed by atoms with E-state index in [-0.39, 0.29) is 11.0 Å². The summed E-state index contributed by atoms with van der Waals surface area (Å²) < 4.78 is 13.6. The second kappa shape index (κ2) is 13.0. The number of aromatic nitrogens is 2. The van der Waals surface area contributed by atoms with Gasteiger partial charge >= 0.3 is 5.97 Å². The van der Waals surface area contributed by atoms with Crippen molar-refractivity contribution in [1.29, 1.82) is 0 Å². The molecule has 2 heterocycles. The molecule has 0 bridgehead atoms. The predicted octanol–water partition coefficient (Wildman–Crippen LogP) is 9.29. The number of ether oxygens (including phenoxy) is 2. The Kier molecular flexibility index (Phi) is 9.65. The Balaban J connectivity index is 1.60. The van der Waals surface area contributed by atoms with Gasteiger partial charge in [-0.3, -0.25) is 4.40 Å². The first-order chi connectivity index (χ1) is 19.9. The summed E-state index contributed by atoms with van der Waals surface area (Å²) in [6.07, 6.45) is 8.93. The number of benzene rings is 2. The molecule has 2 aromatic carbocycles. The topological polar surface area (TPSA) is 64.9 Å². The minimum atomic E-state index is -0.409. The van der Waals surface area contributed by atoms with Crippen LogP contribution in [0.15, 0.2) is 60.8 Å². The fourth-order valence-corrected chi connectivity index (χ4v) is 5.78. The maximum atomic E-state index is 13.0. The molecule has 0 saturated heterocycles. The summed E-state index contributed by atoms with van der Waals surface area (Å²) in [6, 6.07) is 17.5. The van der Waals surface area contributed by atoms with Crippen molar-refractivity contribution >= 4 is 17.4 Å². The van der Waals surface area contributed by atoms with Crippen molar-refractivity contribution in [2.45, 2.75) is 92.5 Å². The molecule has 6 nitrogen and oxygen atoms in total. The molecule has 1 N–H and O–H groups in total. The summed E-state index contributed by atoms with van der Waals surface area (Å²) in [4.78, 5) is 18.0. The van der Waals surface area contributed by atoms with Gasteiger partial charge in [0, 0.05) is 17.3 Å². The van der Waals surface area contributed by atoms with Crippen LogP contribution in [0.2, 0.25) is 0 Å². The Morgan fingerprint density at radius 1 is 0.929 bits per heavy atom. The van der Waals surface area contributed by atoms with Gasteiger partial charge in [0.2, 0.25) is 0 Å². The molecule has 0 unspecified atom stereocenters. The van der Waals surface area contributed by atoms with Crippen molar-refractivity contribution in [2.24, 2.45) is 5.41 Å². The van der Waals surface area contributed by atoms with E-state index in [0.29, 0.717) is 17.1 Å². The number of hydrogen-bond acceptors (Lipinski definition) is 5. The van der Waals surface area contributed by atoms with Gasteiger partial charge in [-0.2, -0.15) is 0 Å². The minimum absolute atomic E-state index is 0.150. The Morgan fingerprint density at radius 2 is 1.67 bits per heavy atom.